The second kappa shape index (κ2) is 6.29. The molecule has 0 spiro atoms. The molecule has 4 heteroatoms. The van der Waals surface area contributed by atoms with Gasteiger partial charge in [-0.05, 0) is 30.9 Å². The van der Waals surface area contributed by atoms with Crippen molar-refractivity contribution in [2.45, 2.75) is 44.4 Å². The highest BCUT2D eigenvalue weighted by Gasteiger charge is 2.30. The van der Waals surface area contributed by atoms with E-state index in [1.165, 1.54) is 6.42 Å². The summed E-state index contributed by atoms with van der Waals surface area (Å²) in [6.07, 6.45) is 6.27. The number of para-hydroxylation sites is 1. The zero-order valence-corrected chi connectivity index (χ0v) is 12.2. The van der Waals surface area contributed by atoms with E-state index >= 15 is 0 Å². The molecule has 112 valence electrons. The Kier molecular flexibility index (Phi) is 4.23. The van der Waals surface area contributed by atoms with Crippen LogP contribution in [0, 0.1) is 5.92 Å². The predicted molar refractivity (Wildman–Crippen MR) is 82.0 cm³/mol. The lowest BCUT2D eigenvalue weighted by molar-refractivity contribution is -0.126. The van der Waals surface area contributed by atoms with Gasteiger partial charge in [-0.3, -0.25) is 9.59 Å². The van der Waals surface area contributed by atoms with Crippen molar-refractivity contribution in [3.63, 3.8) is 0 Å². The molecule has 2 aliphatic rings. The number of nitrogens with one attached hydrogen (secondary N) is 2. The van der Waals surface area contributed by atoms with Gasteiger partial charge in [-0.15, -0.1) is 0 Å². The minimum atomic E-state index is -0.132. The van der Waals surface area contributed by atoms with Crippen molar-refractivity contribution in [3.05, 3.63) is 29.8 Å². The Morgan fingerprint density at radius 2 is 1.95 bits per heavy atom. The van der Waals surface area contributed by atoms with Crippen LogP contribution in [0.15, 0.2) is 24.3 Å². The first-order valence-electron chi connectivity index (χ1n) is 7.93. The summed E-state index contributed by atoms with van der Waals surface area (Å²) in [6.45, 7) is 0.571. The van der Waals surface area contributed by atoms with E-state index in [0.29, 0.717) is 13.0 Å². The summed E-state index contributed by atoms with van der Waals surface area (Å²) < 4.78 is 0. The van der Waals surface area contributed by atoms with Crippen LogP contribution in [-0.4, -0.2) is 18.4 Å². The summed E-state index contributed by atoms with van der Waals surface area (Å²) in [5, 5.41) is 5.91. The Balaban J connectivity index is 1.51. The molecule has 1 aliphatic carbocycles. The molecule has 1 fully saturated rings. The number of anilines is 1. The monoisotopic (exact) mass is 286 g/mol. The van der Waals surface area contributed by atoms with Gasteiger partial charge in [0.2, 0.25) is 11.8 Å². The van der Waals surface area contributed by atoms with E-state index in [-0.39, 0.29) is 23.7 Å². The van der Waals surface area contributed by atoms with Crippen molar-refractivity contribution < 1.29 is 9.59 Å². The third-order valence-electron chi connectivity index (χ3n) is 4.62. The molecule has 1 unspecified atom stereocenters. The third-order valence-corrected chi connectivity index (χ3v) is 4.62. The Morgan fingerprint density at radius 3 is 2.76 bits per heavy atom. The second-order valence-electron chi connectivity index (χ2n) is 6.04. The zero-order valence-electron chi connectivity index (χ0n) is 12.2. The van der Waals surface area contributed by atoms with Crippen LogP contribution in [0.25, 0.3) is 0 Å². The van der Waals surface area contributed by atoms with Gasteiger partial charge in [0.05, 0.1) is 5.92 Å². The summed E-state index contributed by atoms with van der Waals surface area (Å²) >= 11 is 0. The average molecular weight is 286 g/mol. The quantitative estimate of drug-likeness (QED) is 0.894. The van der Waals surface area contributed by atoms with Gasteiger partial charge >= 0.3 is 0 Å². The number of hydrogen-bond donors (Lipinski definition) is 2. The third kappa shape index (κ3) is 3.09. The summed E-state index contributed by atoms with van der Waals surface area (Å²) in [4.78, 5) is 24.1. The van der Waals surface area contributed by atoms with Crippen molar-refractivity contribution in [2.75, 3.05) is 11.9 Å². The number of hydrogen-bond acceptors (Lipinski definition) is 2. The normalized spacial score (nSPS) is 21.7. The number of carbonyl (C=O) groups excluding carboxylic acids is 2. The van der Waals surface area contributed by atoms with Gasteiger partial charge in [-0.1, -0.05) is 37.5 Å². The molecular weight excluding hydrogens is 264 g/mol. The number of carbonyl (C=O) groups is 2. The van der Waals surface area contributed by atoms with E-state index in [2.05, 4.69) is 10.6 Å². The van der Waals surface area contributed by atoms with Crippen LogP contribution in [0.5, 0.6) is 0 Å². The number of amides is 2. The molecular formula is C17H22N2O2. The molecule has 2 amide bonds. The molecule has 3 rings (SSSR count). The molecule has 1 aromatic rings. The van der Waals surface area contributed by atoms with Gasteiger partial charge in [0.1, 0.15) is 0 Å². The van der Waals surface area contributed by atoms with Crippen LogP contribution in [0.1, 0.15) is 50.0 Å². The second-order valence-corrected chi connectivity index (χ2v) is 6.04. The highest BCUT2D eigenvalue weighted by Crippen LogP contribution is 2.34. The van der Waals surface area contributed by atoms with Crippen LogP contribution >= 0.6 is 0 Å². The highest BCUT2D eigenvalue weighted by atomic mass is 16.2. The minimum Gasteiger partial charge on any atom is -0.356 e. The molecule has 21 heavy (non-hydrogen) atoms. The molecule has 4 nitrogen and oxygen atoms in total. The molecule has 1 aliphatic heterocycles. The molecule has 1 atom stereocenters. The molecule has 0 bridgehead atoms. The van der Waals surface area contributed by atoms with E-state index in [0.717, 1.165) is 36.9 Å². The Hall–Kier alpha value is -1.84. The molecule has 0 aromatic heterocycles. The van der Waals surface area contributed by atoms with Crippen LogP contribution in [0.3, 0.4) is 0 Å². The fourth-order valence-electron chi connectivity index (χ4n) is 3.41. The van der Waals surface area contributed by atoms with Crippen LogP contribution in [0.2, 0.25) is 0 Å². The van der Waals surface area contributed by atoms with Crippen molar-refractivity contribution in [3.8, 4) is 0 Å². The minimum absolute atomic E-state index is 0.0446. The first-order valence-corrected chi connectivity index (χ1v) is 7.93. The van der Waals surface area contributed by atoms with Crippen molar-refractivity contribution in [1.29, 1.82) is 0 Å². The number of fused-ring (bicyclic) bond motifs is 1. The van der Waals surface area contributed by atoms with Crippen molar-refractivity contribution in [1.82, 2.24) is 5.32 Å². The molecule has 2 N–H and O–H groups in total. The SMILES string of the molecule is O=C(NCCC1C(=O)Nc2ccccc21)C1CCCCC1. The summed E-state index contributed by atoms with van der Waals surface area (Å²) in [5.74, 6) is 0.265. The molecule has 0 saturated heterocycles. The first kappa shape index (κ1) is 14.1. The van der Waals surface area contributed by atoms with Crippen LogP contribution in [-0.2, 0) is 9.59 Å². The lowest BCUT2D eigenvalue weighted by Gasteiger charge is -2.21. The van der Waals surface area contributed by atoms with Gasteiger partial charge in [-0.25, -0.2) is 0 Å². The van der Waals surface area contributed by atoms with Gasteiger partial charge in [0.15, 0.2) is 0 Å². The van der Waals surface area contributed by atoms with E-state index < -0.39 is 0 Å². The van der Waals surface area contributed by atoms with E-state index in [1.807, 2.05) is 24.3 Å². The lowest BCUT2D eigenvalue weighted by Crippen LogP contribution is -2.33. The van der Waals surface area contributed by atoms with Crippen LogP contribution in [0.4, 0.5) is 5.69 Å². The van der Waals surface area contributed by atoms with E-state index in [9.17, 15) is 9.59 Å². The zero-order chi connectivity index (χ0) is 14.7. The van der Waals surface area contributed by atoms with Gasteiger partial charge in [0, 0.05) is 18.2 Å². The molecule has 1 aromatic carbocycles. The maximum Gasteiger partial charge on any atom is 0.232 e. The standard InChI is InChI=1S/C17H22N2O2/c20-16(12-6-2-1-3-7-12)18-11-10-14-13-8-4-5-9-15(13)19-17(14)21/h4-5,8-9,12,14H,1-3,6-7,10-11H2,(H,18,20)(H,19,21). The Labute approximate surface area is 125 Å². The highest BCUT2D eigenvalue weighted by molar-refractivity contribution is 6.02. The lowest BCUT2D eigenvalue weighted by atomic mass is 9.88. The average Bonchev–Trinajstić information content (AvgIpc) is 2.84. The maximum atomic E-state index is 12.1. The molecule has 0 radical (unpaired) electrons. The fraction of sp³-hybridized carbons (Fsp3) is 0.529. The molecule has 1 saturated carbocycles. The fourth-order valence-corrected chi connectivity index (χ4v) is 3.41. The van der Waals surface area contributed by atoms with Gasteiger partial charge in [-0.2, -0.15) is 0 Å². The maximum absolute atomic E-state index is 12.1. The van der Waals surface area contributed by atoms with Crippen LogP contribution < -0.4 is 10.6 Å². The van der Waals surface area contributed by atoms with Gasteiger partial charge < -0.3 is 10.6 Å². The topological polar surface area (TPSA) is 58.2 Å². The molecule has 1 heterocycles. The van der Waals surface area contributed by atoms with Gasteiger partial charge in [0.25, 0.3) is 0 Å². The van der Waals surface area contributed by atoms with E-state index in [1.54, 1.807) is 0 Å². The summed E-state index contributed by atoms with van der Waals surface area (Å²) in [5.41, 5.74) is 1.96. The number of rotatable bonds is 4. The first-order chi connectivity index (χ1) is 10.3. The Bertz CT molecular complexity index is 535. The summed E-state index contributed by atoms with van der Waals surface area (Å²) in [6, 6.07) is 7.79. The number of benzene rings is 1. The smallest absolute Gasteiger partial charge is 0.232 e. The Morgan fingerprint density at radius 1 is 1.19 bits per heavy atom. The van der Waals surface area contributed by atoms with Crippen molar-refractivity contribution >= 4 is 17.5 Å². The van der Waals surface area contributed by atoms with E-state index in [4.69, 9.17) is 0 Å². The van der Waals surface area contributed by atoms with Crippen molar-refractivity contribution in [2.24, 2.45) is 5.92 Å². The summed E-state index contributed by atoms with van der Waals surface area (Å²) in [7, 11) is 0. The largest absolute Gasteiger partial charge is 0.356 e. The predicted octanol–water partition coefficient (Wildman–Crippen LogP) is 2.81.